The van der Waals surface area contributed by atoms with Crippen molar-refractivity contribution >= 4 is 16.7 Å². The van der Waals surface area contributed by atoms with Gasteiger partial charge in [-0.25, -0.2) is 9.37 Å². The Morgan fingerprint density at radius 1 is 1.15 bits per heavy atom. The second kappa shape index (κ2) is 9.46. The van der Waals surface area contributed by atoms with E-state index in [0.29, 0.717) is 52.2 Å². The van der Waals surface area contributed by atoms with Crippen LogP contribution in [-0.2, 0) is 4.74 Å². The van der Waals surface area contributed by atoms with Gasteiger partial charge < -0.3 is 24.2 Å². The zero-order chi connectivity index (χ0) is 23.8. The highest BCUT2D eigenvalue weighted by atomic mass is 19.1. The fourth-order valence-electron chi connectivity index (χ4n) is 5.19. The van der Waals surface area contributed by atoms with E-state index in [1.54, 1.807) is 6.92 Å². The van der Waals surface area contributed by atoms with Crippen LogP contribution in [0.15, 0.2) is 16.7 Å². The first-order chi connectivity index (χ1) is 16.4. The van der Waals surface area contributed by atoms with Crippen LogP contribution < -0.4 is 15.0 Å². The quantitative estimate of drug-likeness (QED) is 0.600. The van der Waals surface area contributed by atoms with Gasteiger partial charge in [0.15, 0.2) is 11.6 Å². The van der Waals surface area contributed by atoms with Crippen LogP contribution >= 0.6 is 0 Å². The van der Waals surface area contributed by atoms with Gasteiger partial charge in [-0.15, -0.1) is 0 Å². The lowest BCUT2D eigenvalue weighted by Gasteiger charge is -2.41. The van der Waals surface area contributed by atoms with E-state index in [0.717, 1.165) is 56.7 Å². The lowest BCUT2D eigenvalue weighted by molar-refractivity contribution is 0.0714. The number of nitrogens with one attached hydrogen (secondary N) is 1. The number of piperidine rings is 1. The van der Waals surface area contributed by atoms with Crippen molar-refractivity contribution in [3.8, 4) is 17.2 Å². The molecule has 0 aliphatic carbocycles. The van der Waals surface area contributed by atoms with Gasteiger partial charge in [0.1, 0.15) is 17.1 Å². The number of methoxy groups -OCH3 is 1. The molecule has 2 saturated heterocycles. The summed E-state index contributed by atoms with van der Waals surface area (Å²) in [5, 5.41) is 8.52. The summed E-state index contributed by atoms with van der Waals surface area (Å²) in [5.74, 6) is 2.07. The van der Waals surface area contributed by atoms with E-state index in [4.69, 9.17) is 19.0 Å². The molecule has 8 nitrogen and oxygen atoms in total. The Kier molecular flexibility index (Phi) is 6.40. The van der Waals surface area contributed by atoms with Crippen molar-refractivity contribution in [1.82, 2.24) is 20.4 Å². The molecule has 2 atom stereocenters. The third-order valence-corrected chi connectivity index (χ3v) is 7.11. The van der Waals surface area contributed by atoms with Crippen LogP contribution in [-0.4, -0.2) is 60.6 Å². The standard InChI is InChI=1S/C25H32FN5O3/c1-14-13-31(8-5-21(14)28-17-6-9-33-10-7-17)24-22(25-27-16(3)30-34-25)15(2)19-11-18(32-4)12-20(26)23(19)29-24/h11-12,14,17,21,28H,5-10,13H2,1-4H3/t14-,21+/m0/s1. The summed E-state index contributed by atoms with van der Waals surface area (Å²) in [7, 11) is 1.53. The van der Waals surface area contributed by atoms with Gasteiger partial charge in [0.2, 0.25) is 0 Å². The number of ether oxygens (including phenoxy) is 2. The van der Waals surface area contributed by atoms with E-state index < -0.39 is 5.82 Å². The molecule has 1 aromatic carbocycles. The third-order valence-electron chi connectivity index (χ3n) is 7.11. The summed E-state index contributed by atoms with van der Waals surface area (Å²) in [6.07, 6.45) is 3.09. The summed E-state index contributed by atoms with van der Waals surface area (Å²) >= 11 is 0. The Bertz CT molecular complexity index is 1180. The number of anilines is 1. The molecule has 0 bridgehead atoms. The van der Waals surface area contributed by atoms with Crippen molar-refractivity contribution in [2.45, 2.75) is 52.1 Å². The molecule has 0 saturated carbocycles. The minimum absolute atomic E-state index is 0.323. The van der Waals surface area contributed by atoms with Crippen molar-refractivity contribution in [3.05, 3.63) is 29.3 Å². The van der Waals surface area contributed by atoms with E-state index in [2.05, 4.69) is 27.3 Å². The highest BCUT2D eigenvalue weighted by Crippen LogP contribution is 2.39. The third kappa shape index (κ3) is 4.34. The van der Waals surface area contributed by atoms with Gasteiger partial charge in [-0.05, 0) is 50.7 Å². The van der Waals surface area contributed by atoms with Crippen LogP contribution in [0, 0.1) is 25.6 Å². The number of hydrogen-bond acceptors (Lipinski definition) is 8. The molecule has 2 fully saturated rings. The van der Waals surface area contributed by atoms with Gasteiger partial charge in [-0.2, -0.15) is 4.98 Å². The topological polar surface area (TPSA) is 85.5 Å². The molecular formula is C25H32FN5O3. The predicted molar refractivity (Wildman–Crippen MR) is 128 cm³/mol. The first kappa shape index (κ1) is 23.0. The van der Waals surface area contributed by atoms with Crippen molar-refractivity contribution in [2.24, 2.45) is 5.92 Å². The summed E-state index contributed by atoms with van der Waals surface area (Å²) < 4.78 is 31.4. The highest BCUT2D eigenvalue weighted by molar-refractivity contribution is 5.93. The molecule has 0 radical (unpaired) electrons. The van der Waals surface area contributed by atoms with Crippen LogP contribution in [0.5, 0.6) is 5.75 Å². The van der Waals surface area contributed by atoms with Crippen LogP contribution in [0.2, 0.25) is 0 Å². The molecule has 2 aliphatic rings. The minimum atomic E-state index is -0.406. The maximum absolute atomic E-state index is 15.1. The maximum Gasteiger partial charge on any atom is 0.261 e. The van der Waals surface area contributed by atoms with Crippen LogP contribution in [0.1, 0.15) is 37.6 Å². The average Bonchev–Trinajstić information content (AvgIpc) is 3.27. The van der Waals surface area contributed by atoms with Gasteiger partial charge in [0, 0.05) is 49.8 Å². The Hall–Kier alpha value is -2.78. The van der Waals surface area contributed by atoms with Gasteiger partial charge in [-0.1, -0.05) is 12.1 Å². The van der Waals surface area contributed by atoms with Gasteiger partial charge >= 0.3 is 0 Å². The molecule has 0 unspecified atom stereocenters. The number of benzene rings is 1. The monoisotopic (exact) mass is 469 g/mol. The molecule has 0 spiro atoms. The normalized spacial score (nSPS) is 21.9. The largest absolute Gasteiger partial charge is 0.497 e. The van der Waals surface area contributed by atoms with Crippen LogP contribution in [0.4, 0.5) is 10.2 Å². The maximum atomic E-state index is 15.1. The molecule has 4 heterocycles. The predicted octanol–water partition coefficient (Wildman–Crippen LogP) is 4.03. The van der Waals surface area contributed by atoms with E-state index in [1.807, 2.05) is 13.0 Å². The molecule has 2 aromatic heterocycles. The van der Waals surface area contributed by atoms with Gasteiger partial charge in [0.25, 0.3) is 5.89 Å². The lowest BCUT2D eigenvalue weighted by Crippen LogP contribution is -2.52. The van der Waals surface area contributed by atoms with E-state index in [9.17, 15) is 0 Å². The Morgan fingerprint density at radius 3 is 2.62 bits per heavy atom. The van der Waals surface area contributed by atoms with Crippen molar-refractivity contribution in [1.29, 1.82) is 0 Å². The fourth-order valence-corrected chi connectivity index (χ4v) is 5.19. The SMILES string of the molecule is COc1cc(F)c2nc(N3CC[C@@H](NC4CCOCC4)[C@@H](C)C3)c(-c3nc(C)no3)c(C)c2c1. The minimum Gasteiger partial charge on any atom is -0.497 e. The number of aromatic nitrogens is 3. The molecular weight excluding hydrogens is 437 g/mol. The van der Waals surface area contributed by atoms with E-state index >= 15 is 4.39 Å². The summed E-state index contributed by atoms with van der Waals surface area (Å²) in [6, 6.07) is 4.12. The second-order valence-corrected chi connectivity index (χ2v) is 9.46. The zero-order valence-corrected chi connectivity index (χ0v) is 20.2. The second-order valence-electron chi connectivity index (χ2n) is 9.46. The Balaban J connectivity index is 1.51. The number of halogens is 1. The summed E-state index contributed by atoms with van der Waals surface area (Å²) in [5.41, 5.74) is 1.92. The molecule has 182 valence electrons. The Labute approximate surface area is 198 Å². The number of rotatable bonds is 5. The molecule has 0 amide bonds. The van der Waals surface area contributed by atoms with Crippen LogP contribution in [0.25, 0.3) is 22.4 Å². The summed E-state index contributed by atoms with van der Waals surface area (Å²) in [4.78, 5) is 11.5. The van der Waals surface area contributed by atoms with Gasteiger partial charge in [-0.3, -0.25) is 0 Å². The molecule has 1 N–H and O–H groups in total. The summed E-state index contributed by atoms with van der Waals surface area (Å²) in [6.45, 7) is 9.26. The smallest absolute Gasteiger partial charge is 0.261 e. The molecule has 5 rings (SSSR count). The zero-order valence-electron chi connectivity index (χ0n) is 20.2. The lowest BCUT2D eigenvalue weighted by atomic mass is 9.91. The fraction of sp³-hybridized carbons (Fsp3) is 0.560. The number of nitrogens with zero attached hydrogens (tertiary/aromatic N) is 4. The number of fused-ring (bicyclic) bond motifs is 1. The first-order valence-corrected chi connectivity index (χ1v) is 12.0. The molecule has 2 aliphatic heterocycles. The van der Waals surface area contributed by atoms with E-state index in [1.165, 1.54) is 13.2 Å². The van der Waals surface area contributed by atoms with Crippen LogP contribution in [0.3, 0.4) is 0 Å². The van der Waals surface area contributed by atoms with Crippen molar-refractivity contribution in [2.75, 3.05) is 38.3 Å². The highest BCUT2D eigenvalue weighted by Gasteiger charge is 2.32. The molecule has 9 heteroatoms. The number of hydrogen-bond donors (Lipinski definition) is 1. The van der Waals surface area contributed by atoms with Gasteiger partial charge in [0.05, 0.1) is 12.7 Å². The average molecular weight is 470 g/mol. The van der Waals surface area contributed by atoms with Crippen molar-refractivity contribution in [3.63, 3.8) is 0 Å². The van der Waals surface area contributed by atoms with Crippen molar-refractivity contribution < 1.29 is 18.4 Å². The first-order valence-electron chi connectivity index (χ1n) is 12.0. The molecule has 34 heavy (non-hydrogen) atoms. The Morgan fingerprint density at radius 2 is 1.94 bits per heavy atom. The van der Waals surface area contributed by atoms with E-state index in [-0.39, 0.29) is 0 Å². The number of pyridine rings is 1. The number of aryl methyl sites for hydroxylation is 2. The molecule has 3 aromatic rings.